The summed E-state index contributed by atoms with van der Waals surface area (Å²) in [4.78, 5) is 34.2. The molecule has 0 aromatic carbocycles. The van der Waals surface area contributed by atoms with Crippen molar-refractivity contribution in [1.82, 2.24) is 0 Å². The average Bonchev–Trinajstić information content (AvgIpc) is 2.60. The number of esters is 3. The molecule has 1 saturated heterocycles. The second-order valence-electron chi connectivity index (χ2n) is 7.03. The van der Waals surface area contributed by atoms with Crippen molar-refractivity contribution < 1.29 is 33.3 Å². The van der Waals surface area contributed by atoms with Crippen molar-refractivity contribution in [3.63, 3.8) is 0 Å². The van der Waals surface area contributed by atoms with Crippen LogP contribution in [0, 0.1) is 0 Å². The molecule has 4 atom stereocenters. The van der Waals surface area contributed by atoms with Crippen LogP contribution < -0.4 is 0 Å². The van der Waals surface area contributed by atoms with Crippen LogP contribution in [0.4, 0.5) is 0 Å². The predicted octanol–water partition coefficient (Wildman–Crippen LogP) is 3.62. The standard InChI is InChI=1S/C20H34O7S/c1-5-6-7-8-9-10-11-28-20-19(26-16(4)23)18(25-15(3)22)12-17(27-20)13-24-14(2)21/h17-20H,5-13H2,1-4H3/t17-,18-,19+,20-/m0/s1. The lowest BCUT2D eigenvalue weighted by molar-refractivity contribution is -0.197. The molecular weight excluding hydrogens is 384 g/mol. The van der Waals surface area contributed by atoms with Gasteiger partial charge in [0.2, 0.25) is 0 Å². The highest BCUT2D eigenvalue weighted by molar-refractivity contribution is 7.99. The lowest BCUT2D eigenvalue weighted by Crippen LogP contribution is -2.51. The first kappa shape index (κ1) is 24.8. The van der Waals surface area contributed by atoms with E-state index < -0.39 is 41.7 Å². The smallest absolute Gasteiger partial charge is 0.303 e. The Hall–Kier alpha value is -1.28. The van der Waals surface area contributed by atoms with Crippen LogP contribution in [0.15, 0.2) is 0 Å². The zero-order valence-electron chi connectivity index (χ0n) is 17.4. The third-order valence-corrected chi connectivity index (χ3v) is 5.56. The summed E-state index contributed by atoms with van der Waals surface area (Å²) in [5, 5.41) is 0. The van der Waals surface area contributed by atoms with Gasteiger partial charge in [0.25, 0.3) is 0 Å². The molecule has 0 spiro atoms. The quantitative estimate of drug-likeness (QED) is 0.270. The molecule has 0 saturated carbocycles. The van der Waals surface area contributed by atoms with Crippen LogP contribution >= 0.6 is 11.8 Å². The van der Waals surface area contributed by atoms with Gasteiger partial charge in [-0.2, -0.15) is 0 Å². The van der Waals surface area contributed by atoms with E-state index in [1.165, 1.54) is 46.5 Å². The molecule has 0 amide bonds. The molecule has 0 radical (unpaired) electrons. The monoisotopic (exact) mass is 418 g/mol. The molecular formula is C20H34O7S. The van der Waals surface area contributed by atoms with Gasteiger partial charge in [0.05, 0.1) is 6.10 Å². The second-order valence-corrected chi connectivity index (χ2v) is 8.23. The molecule has 1 aliphatic heterocycles. The Morgan fingerprint density at radius 3 is 2.18 bits per heavy atom. The maximum atomic E-state index is 11.6. The second kappa shape index (κ2) is 13.8. The summed E-state index contributed by atoms with van der Waals surface area (Å²) in [6.45, 7) is 6.25. The topological polar surface area (TPSA) is 88.1 Å². The Kier molecular flexibility index (Phi) is 12.2. The van der Waals surface area contributed by atoms with E-state index in [0.29, 0.717) is 6.42 Å². The van der Waals surface area contributed by atoms with Crippen LogP contribution in [-0.4, -0.2) is 54.0 Å². The van der Waals surface area contributed by atoms with Gasteiger partial charge in [-0.05, 0) is 12.2 Å². The van der Waals surface area contributed by atoms with Crippen LogP contribution in [0.25, 0.3) is 0 Å². The summed E-state index contributed by atoms with van der Waals surface area (Å²) >= 11 is 1.55. The van der Waals surface area contributed by atoms with Crippen LogP contribution in [0.1, 0.15) is 72.6 Å². The number of carbonyl (C=O) groups excluding carboxylic acids is 3. The first-order chi connectivity index (χ1) is 13.3. The Morgan fingerprint density at radius 2 is 1.57 bits per heavy atom. The Labute approximate surface area is 172 Å². The van der Waals surface area contributed by atoms with Crippen molar-refractivity contribution in [3.8, 4) is 0 Å². The minimum Gasteiger partial charge on any atom is -0.463 e. The van der Waals surface area contributed by atoms with Gasteiger partial charge < -0.3 is 18.9 Å². The normalized spacial score (nSPS) is 24.4. The van der Waals surface area contributed by atoms with Gasteiger partial charge in [-0.3, -0.25) is 14.4 Å². The van der Waals surface area contributed by atoms with Gasteiger partial charge in [-0.15, -0.1) is 11.8 Å². The van der Waals surface area contributed by atoms with E-state index in [0.717, 1.165) is 18.6 Å². The van der Waals surface area contributed by atoms with Crippen molar-refractivity contribution in [3.05, 3.63) is 0 Å². The highest BCUT2D eigenvalue weighted by Gasteiger charge is 2.43. The number of unbranched alkanes of at least 4 members (excludes halogenated alkanes) is 5. The van der Waals surface area contributed by atoms with E-state index in [1.54, 1.807) is 11.8 Å². The SMILES string of the molecule is CCCCCCCCS[C@@H]1O[C@H](COC(C)=O)C[C@H](OC(C)=O)[C@H]1OC(C)=O. The van der Waals surface area contributed by atoms with Gasteiger partial charge >= 0.3 is 17.9 Å². The van der Waals surface area contributed by atoms with E-state index in [-0.39, 0.29) is 6.61 Å². The number of carbonyl (C=O) groups is 3. The van der Waals surface area contributed by atoms with E-state index in [2.05, 4.69) is 6.92 Å². The largest absolute Gasteiger partial charge is 0.463 e. The van der Waals surface area contributed by atoms with E-state index in [1.807, 2.05) is 0 Å². The van der Waals surface area contributed by atoms with Crippen molar-refractivity contribution >= 4 is 29.7 Å². The fourth-order valence-corrected chi connectivity index (χ4v) is 4.34. The third-order valence-electron chi connectivity index (χ3n) is 4.33. The van der Waals surface area contributed by atoms with Crippen molar-refractivity contribution in [2.75, 3.05) is 12.4 Å². The van der Waals surface area contributed by atoms with Crippen LogP contribution in [-0.2, 0) is 33.3 Å². The lowest BCUT2D eigenvalue weighted by Gasteiger charge is -2.40. The Bertz CT molecular complexity index is 497. The first-order valence-electron chi connectivity index (χ1n) is 10.1. The molecule has 0 unspecified atom stereocenters. The molecule has 1 rings (SSSR count). The molecule has 0 aromatic heterocycles. The summed E-state index contributed by atoms with van der Waals surface area (Å²) in [5.74, 6) is -0.447. The van der Waals surface area contributed by atoms with Gasteiger partial charge in [0.1, 0.15) is 18.1 Å². The summed E-state index contributed by atoms with van der Waals surface area (Å²) in [5.41, 5.74) is -0.474. The van der Waals surface area contributed by atoms with Crippen molar-refractivity contribution in [2.24, 2.45) is 0 Å². The number of hydrogen-bond acceptors (Lipinski definition) is 8. The highest BCUT2D eigenvalue weighted by atomic mass is 32.2. The van der Waals surface area contributed by atoms with Crippen LogP contribution in [0.2, 0.25) is 0 Å². The van der Waals surface area contributed by atoms with Gasteiger partial charge in [0, 0.05) is 27.2 Å². The fourth-order valence-electron chi connectivity index (χ4n) is 3.08. The number of thioether (sulfide) groups is 1. The minimum atomic E-state index is -0.680. The molecule has 1 fully saturated rings. The zero-order chi connectivity index (χ0) is 20.9. The molecule has 8 heteroatoms. The predicted molar refractivity (Wildman–Crippen MR) is 107 cm³/mol. The lowest BCUT2D eigenvalue weighted by atomic mass is 10.0. The molecule has 28 heavy (non-hydrogen) atoms. The Balaban J connectivity index is 2.68. The van der Waals surface area contributed by atoms with Gasteiger partial charge in [-0.1, -0.05) is 39.0 Å². The summed E-state index contributed by atoms with van der Waals surface area (Å²) in [6.07, 6.45) is 5.69. The maximum absolute atomic E-state index is 11.6. The highest BCUT2D eigenvalue weighted by Crippen LogP contribution is 2.33. The average molecular weight is 419 g/mol. The minimum absolute atomic E-state index is 0.0773. The molecule has 162 valence electrons. The summed E-state index contributed by atoms with van der Waals surface area (Å²) in [7, 11) is 0. The van der Waals surface area contributed by atoms with Crippen molar-refractivity contribution in [2.45, 2.75) is 96.4 Å². The molecule has 7 nitrogen and oxygen atoms in total. The fraction of sp³-hybridized carbons (Fsp3) is 0.850. The first-order valence-corrected chi connectivity index (χ1v) is 11.1. The van der Waals surface area contributed by atoms with E-state index in [9.17, 15) is 14.4 Å². The maximum Gasteiger partial charge on any atom is 0.303 e. The Morgan fingerprint density at radius 1 is 0.929 bits per heavy atom. The van der Waals surface area contributed by atoms with E-state index in [4.69, 9.17) is 18.9 Å². The molecule has 0 N–H and O–H groups in total. The number of hydrogen-bond donors (Lipinski definition) is 0. The van der Waals surface area contributed by atoms with E-state index >= 15 is 0 Å². The molecule has 1 heterocycles. The third kappa shape index (κ3) is 10.3. The van der Waals surface area contributed by atoms with Gasteiger partial charge in [-0.25, -0.2) is 0 Å². The molecule has 0 aromatic rings. The number of ether oxygens (including phenoxy) is 4. The zero-order valence-corrected chi connectivity index (χ0v) is 18.3. The summed E-state index contributed by atoms with van der Waals surface area (Å²) in [6, 6.07) is 0. The number of rotatable bonds is 12. The van der Waals surface area contributed by atoms with Gasteiger partial charge in [0.15, 0.2) is 6.10 Å². The summed E-state index contributed by atoms with van der Waals surface area (Å²) < 4.78 is 21.9. The molecule has 1 aliphatic rings. The van der Waals surface area contributed by atoms with Crippen molar-refractivity contribution in [1.29, 1.82) is 0 Å². The van der Waals surface area contributed by atoms with Crippen LogP contribution in [0.3, 0.4) is 0 Å². The molecule has 0 aliphatic carbocycles. The van der Waals surface area contributed by atoms with Crippen LogP contribution in [0.5, 0.6) is 0 Å². The molecule has 0 bridgehead atoms.